The van der Waals surface area contributed by atoms with E-state index < -0.39 is 20.6 Å². The van der Waals surface area contributed by atoms with Crippen LogP contribution in [0.4, 0.5) is 23.0 Å². The van der Waals surface area contributed by atoms with E-state index in [4.69, 9.17) is 11.6 Å². The molecule has 0 amide bonds. The Hall–Kier alpha value is -3.35. The molecule has 0 bridgehead atoms. The molecule has 0 fully saturated rings. The Bertz CT molecular complexity index is 1160. The van der Waals surface area contributed by atoms with Crippen molar-refractivity contribution in [1.82, 2.24) is 19.8 Å². The van der Waals surface area contributed by atoms with E-state index in [0.29, 0.717) is 0 Å². The third-order valence-electron chi connectivity index (χ3n) is 3.65. The predicted molar refractivity (Wildman–Crippen MR) is 106 cm³/mol. The molecule has 0 aliphatic rings. The molecule has 11 nitrogen and oxygen atoms in total. The van der Waals surface area contributed by atoms with Crippen molar-refractivity contribution in [3.05, 3.63) is 69.8 Å². The number of halogens is 1. The van der Waals surface area contributed by atoms with Crippen LogP contribution in [0.5, 0.6) is 0 Å². The van der Waals surface area contributed by atoms with Crippen LogP contribution in [-0.4, -0.2) is 28.3 Å². The van der Waals surface area contributed by atoms with E-state index in [1.165, 1.54) is 18.3 Å². The smallest absolute Gasteiger partial charge is 0.332 e. The van der Waals surface area contributed by atoms with Crippen molar-refractivity contribution in [3.63, 3.8) is 0 Å². The molecule has 0 aliphatic carbocycles. The number of hydrazine groups is 1. The van der Waals surface area contributed by atoms with Crippen LogP contribution in [0.25, 0.3) is 0 Å². The van der Waals surface area contributed by atoms with Crippen LogP contribution in [0, 0.1) is 17.0 Å². The summed E-state index contributed by atoms with van der Waals surface area (Å²) in [6.45, 7) is 1.81. The Labute approximate surface area is 170 Å². The maximum absolute atomic E-state index is 12.4. The Morgan fingerprint density at radius 2 is 1.76 bits per heavy atom. The number of benzene rings is 1. The van der Waals surface area contributed by atoms with E-state index in [1.54, 1.807) is 24.3 Å². The Kier molecular flexibility index (Phi) is 5.87. The molecular weight excluding hydrogens is 422 g/mol. The highest BCUT2D eigenvalue weighted by atomic mass is 35.5. The van der Waals surface area contributed by atoms with Gasteiger partial charge in [-0.15, -0.1) is 4.83 Å². The number of sulfonamides is 1. The highest BCUT2D eigenvalue weighted by Crippen LogP contribution is 2.32. The zero-order valence-corrected chi connectivity index (χ0v) is 16.4. The second-order valence-electron chi connectivity index (χ2n) is 5.69. The fraction of sp³-hybridized carbons (Fsp3) is 0.0625. The molecule has 150 valence electrons. The predicted octanol–water partition coefficient (Wildman–Crippen LogP) is 2.79. The summed E-state index contributed by atoms with van der Waals surface area (Å²) in [4.78, 5) is 24.3. The minimum absolute atomic E-state index is 0.0206. The van der Waals surface area contributed by atoms with Crippen LogP contribution < -0.4 is 15.6 Å². The molecule has 0 spiro atoms. The van der Waals surface area contributed by atoms with Gasteiger partial charge in [0.05, 0.1) is 15.5 Å². The largest absolute Gasteiger partial charge is 0.354 e. The number of nitrogens with zero attached hydrogens (tertiary/aromatic N) is 4. The van der Waals surface area contributed by atoms with Crippen molar-refractivity contribution in [2.24, 2.45) is 0 Å². The first kappa shape index (κ1) is 20.4. The van der Waals surface area contributed by atoms with E-state index in [2.05, 4.69) is 30.5 Å². The molecule has 2 aromatic heterocycles. The summed E-state index contributed by atoms with van der Waals surface area (Å²) in [7, 11) is -3.99. The van der Waals surface area contributed by atoms with Crippen LogP contribution in [0.1, 0.15) is 5.56 Å². The first-order chi connectivity index (χ1) is 13.8. The minimum Gasteiger partial charge on any atom is -0.332 e. The van der Waals surface area contributed by atoms with Crippen LogP contribution in [0.2, 0.25) is 5.15 Å². The standard InChI is InChI=1S/C16H14ClN7O4S/c1-10-4-6-11(7-5-10)29(27,28)23-22-16-13(24(25)26)15(19-9-20-16)21-12-3-2-8-18-14(12)17/h2-9,23H,1H3,(H2,19,20,21,22). The fourth-order valence-electron chi connectivity index (χ4n) is 2.23. The van der Waals surface area contributed by atoms with Crippen molar-refractivity contribution in [2.45, 2.75) is 11.8 Å². The lowest BCUT2D eigenvalue weighted by atomic mass is 10.2. The minimum atomic E-state index is -3.99. The summed E-state index contributed by atoms with van der Waals surface area (Å²) in [5.41, 5.74) is 2.85. The Morgan fingerprint density at radius 3 is 2.41 bits per heavy atom. The van der Waals surface area contributed by atoms with E-state index in [0.717, 1.165) is 11.9 Å². The molecule has 0 saturated heterocycles. The number of nitrogens with one attached hydrogen (secondary N) is 3. The van der Waals surface area contributed by atoms with Gasteiger partial charge in [0.2, 0.25) is 11.6 Å². The van der Waals surface area contributed by atoms with E-state index >= 15 is 0 Å². The second-order valence-corrected chi connectivity index (χ2v) is 7.73. The number of pyridine rings is 1. The first-order valence-corrected chi connectivity index (χ1v) is 9.85. The summed E-state index contributed by atoms with van der Waals surface area (Å²) in [6.07, 6.45) is 2.48. The average Bonchev–Trinajstić information content (AvgIpc) is 2.68. The summed E-state index contributed by atoms with van der Waals surface area (Å²) < 4.78 is 24.8. The van der Waals surface area contributed by atoms with Gasteiger partial charge >= 0.3 is 5.69 Å². The van der Waals surface area contributed by atoms with Gasteiger partial charge in [-0.1, -0.05) is 29.3 Å². The van der Waals surface area contributed by atoms with Crippen molar-refractivity contribution >= 4 is 44.6 Å². The van der Waals surface area contributed by atoms with Gasteiger partial charge in [-0.2, -0.15) is 0 Å². The lowest BCUT2D eigenvalue weighted by Crippen LogP contribution is -2.30. The van der Waals surface area contributed by atoms with E-state index in [1.807, 2.05) is 6.92 Å². The van der Waals surface area contributed by atoms with Gasteiger partial charge < -0.3 is 5.32 Å². The molecule has 0 unspecified atom stereocenters. The molecule has 0 atom stereocenters. The van der Waals surface area contributed by atoms with Crippen LogP contribution >= 0.6 is 11.6 Å². The number of aryl methyl sites for hydroxylation is 1. The van der Waals surface area contributed by atoms with Crippen molar-refractivity contribution < 1.29 is 13.3 Å². The van der Waals surface area contributed by atoms with E-state index in [-0.39, 0.29) is 27.4 Å². The first-order valence-electron chi connectivity index (χ1n) is 7.99. The normalized spacial score (nSPS) is 11.1. The van der Waals surface area contributed by atoms with Gasteiger partial charge in [-0.25, -0.2) is 23.4 Å². The molecule has 2 heterocycles. The van der Waals surface area contributed by atoms with Gasteiger partial charge in [0.25, 0.3) is 10.0 Å². The van der Waals surface area contributed by atoms with Gasteiger partial charge in [0, 0.05) is 6.20 Å². The fourth-order valence-corrected chi connectivity index (χ4v) is 3.24. The summed E-state index contributed by atoms with van der Waals surface area (Å²) in [5.74, 6) is -0.555. The molecule has 0 saturated carbocycles. The second kappa shape index (κ2) is 8.34. The van der Waals surface area contributed by atoms with Crippen LogP contribution in [-0.2, 0) is 10.0 Å². The van der Waals surface area contributed by atoms with Gasteiger partial charge in [-0.05, 0) is 31.2 Å². The molecule has 1 aromatic carbocycles. The number of aromatic nitrogens is 3. The quantitative estimate of drug-likeness (QED) is 0.289. The number of hydrogen-bond acceptors (Lipinski definition) is 9. The molecular formula is C16H14ClN7O4S. The lowest BCUT2D eigenvalue weighted by Gasteiger charge is -2.11. The maximum atomic E-state index is 12.4. The molecule has 0 radical (unpaired) electrons. The molecule has 3 N–H and O–H groups in total. The highest BCUT2D eigenvalue weighted by Gasteiger charge is 2.25. The number of anilines is 3. The van der Waals surface area contributed by atoms with E-state index in [9.17, 15) is 18.5 Å². The molecule has 13 heteroatoms. The third-order valence-corrected chi connectivity index (χ3v) is 5.22. The number of hydrogen-bond donors (Lipinski definition) is 3. The maximum Gasteiger partial charge on any atom is 0.354 e. The molecule has 0 aliphatic heterocycles. The summed E-state index contributed by atoms with van der Waals surface area (Å²) in [6, 6.07) is 9.20. The van der Waals surface area contributed by atoms with Crippen molar-refractivity contribution in [1.29, 1.82) is 0 Å². The SMILES string of the molecule is Cc1ccc(S(=O)(=O)NNc2ncnc(Nc3cccnc3Cl)c2[N+](=O)[O-])cc1. The van der Waals surface area contributed by atoms with Crippen LogP contribution in [0.15, 0.2) is 53.8 Å². The van der Waals surface area contributed by atoms with Crippen molar-refractivity contribution in [3.8, 4) is 0 Å². The summed E-state index contributed by atoms with van der Waals surface area (Å²) in [5, 5.41) is 14.3. The average molecular weight is 436 g/mol. The summed E-state index contributed by atoms with van der Waals surface area (Å²) >= 11 is 5.95. The van der Waals surface area contributed by atoms with Gasteiger partial charge in [0.15, 0.2) is 5.15 Å². The zero-order chi connectivity index (χ0) is 21.0. The van der Waals surface area contributed by atoms with Gasteiger partial charge in [-0.3, -0.25) is 15.5 Å². The lowest BCUT2D eigenvalue weighted by molar-refractivity contribution is -0.383. The van der Waals surface area contributed by atoms with Crippen molar-refractivity contribution in [2.75, 3.05) is 10.7 Å². The highest BCUT2D eigenvalue weighted by molar-refractivity contribution is 7.89. The Morgan fingerprint density at radius 1 is 1.07 bits per heavy atom. The molecule has 3 aromatic rings. The number of rotatable bonds is 7. The van der Waals surface area contributed by atoms with Gasteiger partial charge in [0.1, 0.15) is 6.33 Å². The Balaban J connectivity index is 1.89. The van der Waals surface area contributed by atoms with Crippen LogP contribution in [0.3, 0.4) is 0 Å². The monoisotopic (exact) mass is 435 g/mol. The number of nitro groups is 1. The topological polar surface area (TPSA) is 152 Å². The third kappa shape index (κ3) is 4.74. The molecule has 3 rings (SSSR count). The zero-order valence-electron chi connectivity index (χ0n) is 14.8. The molecule has 29 heavy (non-hydrogen) atoms.